The number of anilines is 1. The second-order valence-electron chi connectivity index (χ2n) is 6.85. The van der Waals surface area contributed by atoms with Crippen LogP contribution in [0, 0.1) is 10.1 Å². The van der Waals surface area contributed by atoms with E-state index < -0.39 is 26.9 Å². The number of benzene rings is 2. The lowest BCUT2D eigenvalue weighted by Crippen LogP contribution is -2.43. The molecule has 31 heavy (non-hydrogen) atoms. The van der Waals surface area contributed by atoms with Crippen LogP contribution in [-0.2, 0) is 14.8 Å². The fourth-order valence-electron chi connectivity index (χ4n) is 3.38. The number of hydrogen-bond acceptors (Lipinski definition) is 9. The number of nitro benzene ring substituents is 1. The Labute approximate surface area is 179 Å². The van der Waals surface area contributed by atoms with Crippen LogP contribution in [-0.4, -0.2) is 51.3 Å². The molecule has 1 fully saturated rings. The van der Waals surface area contributed by atoms with Crippen molar-refractivity contribution >= 4 is 48.3 Å². The van der Waals surface area contributed by atoms with Gasteiger partial charge in [0.2, 0.25) is 15.9 Å². The first kappa shape index (κ1) is 21.0. The summed E-state index contributed by atoms with van der Waals surface area (Å²) in [7, 11) is -4.13. The zero-order valence-corrected chi connectivity index (χ0v) is 17.4. The average Bonchev–Trinajstić information content (AvgIpc) is 3.36. The maximum Gasteiger partial charge on any atom is 0.270 e. The van der Waals surface area contributed by atoms with E-state index in [9.17, 15) is 33.5 Å². The molecule has 4 rings (SSSR count). The van der Waals surface area contributed by atoms with E-state index in [4.69, 9.17) is 0 Å². The van der Waals surface area contributed by atoms with Crippen molar-refractivity contribution in [2.75, 3.05) is 11.9 Å². The molecular formula is C18H16N4O7S2. The third-order valence-corrected chi connectivity index (χ3v) is 7.69. The molecule has 2 heterocycles. The van der Waals surface area contributed by atoms with Crippen molar-refractivity contribution in [2.24, 2.45) is 0 Å². The molecule has 0 spiro atoms. The molecule has 3 N–H and O–H groups in total. The smallest absolute Gasteiger partial charge is 0.270 e. The Kier molecular flexibility index (Phi) is 5.24. The number of fused-ring (bicyclic) bond motifs is 1. The Bertz CT molecular complexity index is 1270. The van der Waals surface area contributed by atoms with Crippen LogP contribution in [0.1, 0.15) is 12.8 Å². The van der Waals surface area contributed by atoms with Crippen LogP contribution in [0.15, 0.2) is 41.3 Å². The van der Waals surface area contributed by atoms with E-state index in [1.54, 1.807) is 0 Å². The lowest BCUT2D eigenvalue weighted by Gasteiger charge is -2.22. The number of carbonyl (C=O) groups excluding carboxylic acids is 1. The van der Waals surface area contributed by atoms with Crippen molar-refractivity contribution in [2.45, 2.75) is 23.8 Å². The highest BCUT2D eigenvalue weighted by Gasteiger charge is 2.40. The number of aromatic nitrogens is 1. The number of carbonyl (C=O) groups is 1. The predicted molar refractivity (Wildman–Crippen MR) is 112 cm³/mol. The van der Waals surface area contributed by atoms with Crippen molar-refractivity contribution in [3.8, 4) is 11.5 Å². The second-order valence-corrected chi connectivity index (χ2v) is 9.77. The summed E-state index contributed by atoms with van der Waals surface area (Å²) in [6.45, 7) is 0.102. The molecule has 0 saturated carbocycles. The number of rotatable bonds is 5. The van der Waals surface area contributed by atoms with Gasteiger partial charge < -0.3 is 15.5 Å². The molecule has 162 valence electrons. The van der Waals surface area contributed by atoms with Crippen molar-refractivity contribution in [1.82, 2.24) is 9.29 Å². The van der Waals surface area contributed by atoms with Gasteiger partial charge in [-0.25, -0.2) is 13.4 Å². The number of aromatic hydroxyl groups is 2. The minimum atomic E-state index is -4.13. The first-order valence-electron chi connectivity index (χ1n) is 9.06. The van der Waals surface area contributed by atoms with Gasteiger partial charge in [-0.3, -0.25) is 14.9 Å². The quantitative estimate of drug-likeness (QED) is 0.294. The summed E-state index contributed by atoms with van der Waals surface area (Å²) in [6.07, 6.45) is 0.736. The van der Waals surface area contributed by atoms with Gasteiger partial charge in [0.15, 0.2) is 16.6 Å². The molecule has 3 aromatic rings. The topological polar surface area (TPSA) is 163 Å². The van der Waals surface area contributed by atoms with Gasteiger partial charge >= 0.3 is 0 Å². The fraction of sp³-hybridized carbons (Fsp3) is 0.222. The Morgan fingerprint density at radius 2 is 2.00 bits per heavy atom. The third-order valence-electron chi connectivity index (χ3n) is 4.86. The number of nitrogens with zero attached hydrogens (tertiary/aromatic N) is 3. The van der Waals surface area contributed by atoms with Gasteiger partial charge in [0.1, 0.15) is 6.04 Å². The molecule has 11 nitrogen and oxygen atoms in total. The molecule has 0 aliphatic carbocycles. The summed E-state index contributed by atoms with van der Waals surface area (Å²) >= 11 is 1.06. The molecule has 0 unspecified atom stereocenters. The Morgan fingerprint density at radius 3 is 2.74 bits per heavy atom. The number of nitrogens with one attached hydrogen (secondary N) is 1. The number of nitro groups is 1. The number of phenols is 2. The van der Waals surface area contributed by atoms with Crippen LogP contribution in [0.4, 0.5) is 10.8 Å². The number of thiazole rings is 1. The maximum absolute atomic E-state index is 13.0. The highest BCUT2D eigenvalue weighted by Crippen LogP contribution is 2.35. The van der Waals surface area contributed by atoms with E-state index in [-0.39, 0.29) is 40.2 Å². The minimum Gasteiger partial charge on any atom is -0.504 e. The lowest BCUT2D eigenvalue weighted by atomic mass is 10.2. The summed E-state index contributed by atoms with van der Waals surface area (Å²) in [6, 6.07) is 6.26. The van der Waals surface area contributed by atoms with Crippen LogP contribution in [0.25, 0.3) is 10.2 Å². The largest absolute Gasteiger partial charge is 0.504 e. The minimum absolute atomic E-state index is 0.102. The normalized spacial score (nSPS) is 17.1. The fourth-order valence-corrected chi connectivity index (χ4v) is 5.96. The second kappa shape index (κ2) is 7.76. The average molecular weight is 464 g/mol. The third kappa shape index (κ3) is 3.89. The number of sulfonamides is 1. The van der Waals surface area contributed by atoms with Crippen LogP contribution < -0.4 is 5.32 Å². The van der Waals surface area contributed by atoms with Crippen molar-refractivity contribution < 1.29 is 28.3 Å². The standard InChI is InChI=1S/C18H16N4O7S2/c23-14-8-12-16(9-15(14)24)30-18(19-12)20-17(25)13-5-2-6-21(13)31(28,29)11-4-1-3-10(7-11)22(26)27/h1,3-4,7-9,13,23-24H,2,5-6H2,(H,19,20,25)/t13-/m1/s1. The van der Waals surface area contributed by atoms with Gasteiger partial charge in [-0.05, 0) is 18.9 Å². The van der Waals surface area contributed by atoms with Crippen molar-refractivity contribution in [3.63, 3.8) is 0 Å². The first-order valence-corrected chi connectivity index (χ1v) is 11.3. The van der Waals surface area contributed by atoms with Crippen LogP contribution >= 0.6 is 11.3 Å². The molecular weight excluding hydrogens is 448 g/mol. The highest BCUT2D eigenvalue weighted by atomic mass is 32.2. The summed E-state index contributed by atoms with van der Waals surface area (Å²) in [5, 5.41) is 32.9. The van der Waals surface area contributed by atoms with Gasteiger partial charge in [0.25, 0.3) is 5.69 Å². The molecule has 13 heteroatoms. The van der Waals surface area contributed by atoms with Crippen molar-refractivity contribution in [3.05, 3.63) is 46.5 Å². The summed E-state index contributed by atoms with van der Waals surface area (Å²) in [4.78, 5) is 27.1. The highest BCUT2D eigenvalue weighted by molar-refractivity contribution is 7.89. The molecule has 1 aromatic heterocycles. The zero-order valence-electron chi connectivity index (χ0n) is 15.8. The summed E-state index contributed by atoms with van der Waals surface area (Å²) < 4.78 is 27.7. The Hall–Kier alpha value is -3.29. The van der Waals surface area contributed by atoms with E-state index in [1.807, 2.05) is 0 Å². The van der Waals surface area contributed by atoms with E-state index >= 15 is 0 Å². The SMILES string of the molecule is O=C(Nc1nc2cc(O)c(O)cc2s1)[C@H]1CCCN1S(=O)(=O)c1cccc([N+](=O)[O-])c1. The number of phenolic OH excluding ortho intramolecular Hbond substituents is 2. The molecule has 1 atom stereocenters. The van der Waals surface area contributed by atoms with Crippen LogP contribution in [0.5, 0.6) is 11.5 Å². The molecule has 1 saturated heterocycles. The Morgan fingerprint density at radius 1 is 1.26 bits per heavy atom. The van der Waals surface area contributed by atoms with Crippen LogP contribution in [0.3, 0.4) is 0 Å². The molecule has 0 bridgehead atoms. The maximum atomic E-state index is 13.0. The van der Waals surface area contributed by atoms with Gasteiger partial charge in [-0.2, -0.15) is 4.31 Å². The van der Waals surface area contributed by atoms with Crippen LogP contribution in [0.2, 0.25) is 0 Å². The van der Waals surface area contributed by atoms with Gasteiger partial charge in [0, 0.05) is 30.8 Å². The molecule has 1 aliphatic rings. The monoisotopic (exact) mass is 464 g/mol. The molecule has 1 aliphatic heterocycles. The van der Waals surface area contributed by atoms with Gasteiger partial charge in [0.05, 0.1) is 20.0 Å². The molecule has 2 aromatic carbocycles. The molecule has 1 amide bonds. The van der Waals surface area contributed by atoms with Crippen molar-refractivity contribution in [1.29, 1.82) is 0 Å². The molecule has 0 radical (unpaired) electrons. The predicted octanol–water partition coefficient (Wildman–Crippen LogP) is 2.41. The summed E-state index contributed by atoms with van der Waals surface area (Å²) in [5.74, 6) is -1.25. The number of amides is 1. The first-order chi connectivity index (χ1) is 14.7. The van der Waals surface area contributed by atoms with E-state index in [0.717, 1.165) is 21.7 Å². The van der Waals surface area contributed by atoms with E-state index in [2.05, 4.69) is 10.3 Å². The zero-order chi connectivity index (χ0) is 22.3. The van der Waals surface area contributed by atoms with Gasteiger partial charge in [-0.1, -0.05) is 17.4 Å². The lowest BCUT2D eigenvalue weighted by molar-refractivity contribution is -0.385. The van der Waals surface area contributed by atoms with Gasteiger partial charge in [-0.15, -0.1) is 0 Å². The van der Waals surface area contributed by atoms with E-state index in [0.29, 0.717) is 16.6 Å². The summed E-state index contributed by atoms with van der Waals surface area (Å²) in [5.41, 5.74) is 0.00495. The number of hydrogen-bond donors (Lipinski definition) is 3. The van der Waals surface area contributed by atoms with E-state index in [1.165, 1.54) is 30.3 Å². The Balaban J connectivity index is 1.58. The number of non-ortho nitro benzene ring substituents is 1.